The van der Waals surface area contributed by atoms with E-state index < -0.39 is 36.6 Å². The fourth-order valence-corrected chi connectivity index (χ4v) is 5.21. The van der Waals surface area contributed by atoms with Crippen molar-refractivity contribution in [3.8, 4) is 11.5 Å². The molecular formula is C34H43NO8. The Bertz CT molecular complexity index is 1350. The molecule has 0 saturated carbocycles. The van der Waals surface area contributed by atoms with Crippen LogP contribution in [0.5, 0.6) is 11.5 Å². The van der Waals surface area contributed by atoms with E-state index in [-0.39, 0.29) is 32.2 Å². The molecule has 43 heavy (non-hydrogen) atoms. The van der Waals surface area contributed by atoms with Crippen molar-refractivity contribution in [1.82, 2.24) is 4.90 Å². The molecule has 1 amide bonds. The Kier molecular flexibility index (Phi) is 11.0. The van der Waals surface area contributed by atoms with Gasteiger partial charge in [0.25, 0.3) is 0 Å². The summed E-state index contributed by atoms with van der Waals surface area (Å²) in [5, 5.41) is 21.6. The zero-order valence-corrected chi connectivity index (χ0v) is 25.4. The van der Waals surface area contributed by atoms with Crippen LogP contribution < -0.4 is 9.47 Å². The Morgan fingerprint density at radius 1 is 1.07 bits per heavy atom. The van der Waals surface area contributed by atoms with E-state index in [1.807, 2.05) is 75.4 Å². The van der Waals surface area contributed by atoms with E-state index in [0.717, 1.165) is 27.6 Å². The predicted octanol–water partition coefficient (Wildman–Crippen LogP) is 5.07. The van der Waals surface area contributed by atoms with Gasteiger partial charge in [-0.1, -0.05) is 49.1 Å². The quantitative estimate of drug-likeness (QED) is 0.281. The molecule has 232 valence electrons. The number of fused-ring (bicyclic) bond motifs is 1. The molecule has 4 atom stereocenters. The Labute approximate surface area is 253 Å². The smallest absolute Gasteiger partial charge is 0.410 e. The summed E-state index contributed by atoms with van der Waals surface area (Å²) in [4.78, 5) is 14.8. The van der Waals surface area contributed by atoms with Gasteiger partial charge in [-0.25, -0.2) is 4.79 Å². The second-order valence-electron chi connectivity index (χ2n) is 11.7. The third-order valence-corrected chi connectivity index (χ3v) is 7.17. The molecule has 2 N–H and O–H groups in total. The number of methoxy groups -OCH3 is 1. The maximum absolute atomic E-state index is 13.3. The average Bonchev–Trinajstić information content (AvgIpc) is 3.00. The molecule has 1 saturated heterocycles. The molecule has 1 fully saturated rings. The molecule has 1 aliphatic heterocycles. The Morgan fingerprint density at radius 2 is 1.77 bits per heavy atom. The summed E-state index contributed by atoms with van der Waals surface area (Å²) in [5.41, 5.74) is 1.17. The molecule has 0 bridgehead atoms. The van der Waals surface area contributed by atoms with Crippen LogP contribution in [0.4, 0.5) is 4.79 Å². The van der Waals surface area contributed by atoms with Crippen LogP contribution in [0, 0.1) is 0 Å². The van der Waals surface area contributed by atoms with Gasteiger partial charge >= 0.3 is 6.09 Å². The third kappa shape index (κ3) is 8.70. The summed E-state index contributed by atoms with van der Waals surface area (Å²) in [5.74, 6) is 1.14. The molecule has 0 aromatic heterocycles. The van der Waals surface area contributed by atoms with E-state index in [0.29, 0.717) is 12.4 Å². The van der Waals surface area contributed by atoms with Crippen LogP contribution in [0.15, 0.2) is 73.3 Å². The summed E-state index contributed by atoms with van der Waals surface area (Å²) in [7, 11) is 1.65. The molecule has 4 rings (SSSR count). The first kappa shape index (κ1) is 32.3. The fraction of sp³-hybridized carbons (Fsp3) is 0.441. The lowest BCUT2D eigenvalue weighted by molar-refractivity contribution is -0.111. The normalized spacial score (nSPS) is 19.6. The molecule has 1 heterocycles. The highest BCUT2D eigenvalue weighted by molar-refractivity contribution is 5.89. The van der Waals surface area contributed by atoms with Gasteiger partial charge < -0.3 is 38.8 Å². The van der Waals surface area contributed by atoms with Crippen molar-refractivity contribution in [2.75, 3.05) is 40.0 Å². The third-order valence-electron chi connectivity index (χ3n) is 7.17. The number of ether oxygens (including phenoxy) is 5. The van der Waals surface area contributed by atoms with Gasteiger partial charge in [0, 0.05) is 11.3 Å². The van der Waals surface area contributed by atoms with Crippen molar-refractivity contribution in [3.05, 3.63) is 84.4 Å². The average molecular weight is 594 g/mol. The minimum Gasteiger partial charge on any atom is -0.496 e. The molecule has 0 spiro atoms. The maximum Gasteiger partial charge on any atom is 0.410 e. The van der Waals surface area contributed by atoms with Crippen molar-refractivity contribution in [2.24, 2.45) is 0 Å². The monoisotopic (exact) mass is 593 g/mol. The largest absolute Gasteiger partial charge is 0.496 e. The van der Waals surface area contributed by atoms with E-state index in [1.165, 1.54) is 0 Å². The highest BCUT2D eigenvalue weighted by Crippen LogP contribution is 2.36. The molecule has 3 aromatic rings. The first-order chi connectivity index (χ1) is 20.6. The topological polar surface area (TPSA) is 107 Å². The van der Waals surface area contributed by atoms with Gasteiger partial charge in [-0.3, -0.25) is 0 Å². The van der Waals surface area contributed by atoms with E-state index in [4.69, 9.17) is 23.7 Å². The van der Waals surface area contributed by atoms with Gasteiger partial charge in [-0.2, -0.15) is 0 Å². The standard InChI is InChI=1S/C34H43NO8/c1-6-15-40-27-13-11-24(12-14-27)32-30(41-21-23-16-25-9-7-8-10-28(25)29(17-23)39-5)18-35(33(38)43-34(2,3)4)19-31(32)42-22-26(37)20-36/h6-14,16-17,26,30-32,36-37H,1,15,18-22H2,2-5H3/t26-,30+,31-,32-/m1/s1. The maximum atomic E-state index is 13.3. The molecule has 0 unspecified atom stereocenters. The minimum atomic E-state index is -1.06. The minimum absolute atomic E-state index is 0.102. The number of hydrogen-bond donors (Lipinski definition) is 2. The number of benzene rings is 3. The summed E-state index contributed by atoms with van der Waals surface area (Å²) in [6.45, 7) is 9.75. The number of amides is 1. The number of aliphatic hydroxyl groups excluding tert-OH is 2. The first-order valence-electron chi connectivity index (χ1n) is 14.5. The fourth-order valence-electron chi connectivity index (χ4n) is 5.21. The van der Waals surface area contributed by atoms with Crippen molar-refractivity contribution >= 4 is 16.9 Å². The Balaban J connectivity index is 1.67. The molecule has 9 heteroatoms. The second-order valence-corrected chi connectivity index (χ2v) is 11.7. The Morgan fingerprint density at radius 3 is 2.42 bits per heavy atom. The summed E-state index contributed by atoms with van der Waals surface area (Å²) >= 11 is 0. The molecular weight excluding hydrogens is 550 g/mol. The summed E-state index contributed by atoms with van der Waals surface area (Å²) in [6.07, 6.45) is -0.899. The number of nitrogens with zero attached hydrogens (tertiary/aromatic N) is 1. The zero-order chi connectivity index (χ0) is 31.0. The van der Waals surface area contributed by atoms with Gasteiger partial charge in [-0.15, -0.1) is 0 Å². The van der Waals surface area contributed by atoms with Crippen LogP contribution in [0.3, 0.4) is 0 Å². The number of carbonyl (C=O) groups is 1. The van der Waals surface area contributed by atoms with Crippen LogP contribution >= 0.6 is 0 Å². The molecule has 1 aliphatic rings. The Hall–Kier alpha value is -3.63. The van der Waals surface area contributed by atoms with E-state index >= 15 is 0 Å². The number of hydrogen-bond acceptors (Lipinski definition) is 8. The van der Waals surface area contributed by atoms with Gasteiger partial charge in [0.15, 0.2) is 0 Å². The van der Waals surface area contributed by atoms with Crippen molar-refractivity contribution in [2.45, 2.75) is 57.2 Å². The number of piperidine rings is 1. The van der Waals surface area contributed by atoms with Crippen molar-refractivity contribution < 1.29 is 38.7 Å². The van der Waals surface area contributed by atoms with Gasteiger partial charge in [-0.05, 0) is 61.5 Å². The van der Waals surface area contributed by atoms with Gasteiger partial charge in [0.1, 0.15) is 29.8 Å². The number of likely N-dealkylation sites (tertiary alicyclic amines) is 1. The van der Waals surface area contributed by atoms with E-state index in [1.54, 1.807) is 18.1 Å². The van der Waals surface area contributed by atoms with E-state index in [9.17, 15) is 15.0 Å². The predicted molar refractivity (Wildman–Crippen MR) is 165 cm³/mol. The molecule has 0 aliphatic carbocycles. The van der Waals surface area contributed by atoms with Crippen molar-refractivity contribution in [1.29, 1.82) is 0 Å². The highest BCUT2D eigenvalue weighted by atomic mass is 16.6. The van der Waals surface area contributed by atoms with E-state index in [2.05, 4.69) is 12.6 Å². The molecule has 9 nitrogen and oxygen atoms in total. The van der Waals surface area contributed by atoms with Gasteiger partial charge in [0.05, 0.1) is 52.2 Å². The van der Waals surface area contributed by atoms with Crippen LogP contribution in [0.1, 0.15) is 37.8 Å². The lowest BCUT2D eigenvalue weighted by atomic mass is 9.84. The van der Waals surface area contributed by atoms with Crippen LogP contribution in [0.2, 0.25) is 0 Å². The number of carbonyl (C=O) groups excluding carboxylic acids is 1. The zero-order valence-electron chi connectivity index (χ0n) is 25.4. The summed E-state index contributed by atoms with van der Waals surface area (Å²) < 4.78 is 29.8. The first-order valence-corrected chi connectivity index (χ1v) is 14.5. The lowest BCUT2D eigenvalue weighted by Crippen LogP contribution is -2.55. The SMILES string of the molecule is C=CCOc1ccc([C@@H]2[C@@H](OCc3cc(OC)c4ccccc4c3)CN(C(=O)OC(C)(C)C)C[C@H]2OC[C@H](O)CO)cc1. The van der Waals surface area contributed by atoms with Crippen molar-refractivity contribution in [3.63, 3.8) is 0 Å². The number of rotatable bonds is 12. The second kappa shape index (κ2) is 14.7. The highest BCUT2D eigenvalue weighted by Gasteiger charge is 2.42. The molecule has 0 radical (unpaired) electrons. The molecule has 3 aromatic carbocycles. The van der Waals surface area contributed by atoms with Crippen LogP contribution in [0.25, 0.3) is 10.8 Å². The van der Waals surface area contributed by atoms with Crippen LogP contribution in [-0.2, 0) is 20.8 Å². The van der Waals surface area contributed by atoms with Gasteiger partial charge in [0.2, 0.25) is 0 Å². The lowest BCUT2D eigenvalue weighted by Gasteiger charge is -2.44. The summed E-state index contributed by atoms with van der Waals surface area (Å²) in [6, 6.07) is 19.7. The number of aliphatic hydroxyl groups is 2. The van der Waals surface area contributed by atoms with Crippen LogP contribution in [-0.4, -0.2) is 85.1 Å².